The molecule has 1 aromatic rings. The Balaban J connectivity index is 1.48. The van der Waals surface area contributed by atoms with Crippen LogP contribution in [-0.4, -0.2) is 132 Å². The van der Waals surface area contributed by atoms with Gasteiger partial charge in [-0.25, -0.2) is 0 Å². The summed E-state index contributed by atoms with van der Waals surface area (Å²) in [6, 6.07) is 5.57. The van der Waals surface area contributed by atoms with Gasteiger partial charge in [0.1, 0.15) is 12.1 Å². The number of hydrogen-bond donors (Lipinski definition) is 7. The summed E-state index contributed by atoms with van der Waals surface area (Å²) in [5, 5.41) is 12.0. The first kappa shape index (κ1) is 45.7. The van der Waals surface area contributed by atoms with E-state index in [0.717, 1.165) is 28.2 Å². The molecule has 0 spiro atoms. The van der Waals surface area contributed by atoms with Crippen LogP contribution in [0.25, 0.3) is 6.08 Å². The number of quaternary nitrogens is 1. The minimum absolute atomic E-state index is 0.104. The number of unbranched alkanes of at least 4 members (excludes halogenated alkanes) is 1. The lowest BCUT2D eigenvalue weighted by atomic mass is 9.93. The Bertz CT molecular complexity index is 1810. The molecule has 19 heteroatoms. The van der Waals surface area contributed by atoms with Crippen LogP contribution < -0.4 is 41.3 Å². The van der Waals surface area contributed by atoms with E-state index in [-0.39, 0.29) is 30.7 Å². The summed E-state index contributed by atoms with van der Waals surface area (Å²) >= 11 is 0.622. The predicted molar refractivity (Wildman–Crippen MR) is 217 cm³/mol. The van der Waals surface area contributed by atoms with Gasteiger partial charge in [0.05, 0.1) is 50.9 Å². The van der Waals surface area contributed by atoms with E-state index in [1.165, 1.54) is 11.8 Å². The van der Waals surface area contributed by atoms with Crippen molar-refractivity contribution in [1.29, 1.82) is 0 Å². The molecule has 1 aliphatic heterocycles. The average Bonchev–Trinajstić information content (AvgIpc) is 3.13. The first-order valence-corrected chi connectivity index (χ1v) is 21.0. The topological polar surface area (TPSA) is 228 Å². The standard InChI is InChI=1S/C37H54N8O9S2/c1-25(46)39-23-35(49)42-30(37(51)41-22-34(48)40-24-36(50)55-17-18-56(52,53)54)9-6-7-15-38-33(47)10-8-16-45-31-20-28(43(2)3)13-11-26(31)19-27-12-14-29(44(4)5)21-32(27)45/h11-14,19-21,28,30H,6-10,15-18,22-24H2,1-5H3,(H,38,47)(H,39,46)(H,40,48)(H,41,51)(H,42,49)(H,52,53,54)/p+1/t28?,30-/m0/s1. The molecule has 0 saturated carbocycles. The quantitative estimate of drug-likeness (QED) is 0.0552. The molecule has 0 saturated heterocycles. The molecule has 3 rings (SSSR count). The van der Waals surface area contributed by atoms with Crippen molar-refractivity contribution in [3.63, 3.8) is 0 Å². The van der Waals surface area contributed by atoms with Gasteiger partial charge >= 0.3 is 0 Å². The second kappa shape index (κ2) is 22.1. The molecule has 2 aliphatic rings. The summed E-state index contributed by atoms with van der Waals surface area (Å²) in [5.74, 6) is -3.30. The second-order valence-electron chi connectivity index (χ2n) is 13.9. The maximum Gasteiger partial charge on any atom is 0.265 e. The lowest BCUT2D eigenvalue weighted by molar-refractivity contribution is -0.871. The summed E-state index contributed by atoms with van der Waals surface area (Å²) in [7, 11) is 4.04. The Hall–Kier alpha value is -4.72. The van der Waals surface area contributed by atoms with Crippen molar-refractivity contribution in [3.05, 3.63) is 53.3 Å². The van der Waals surface area contributed by atoms with Crippen molar-refractivity contribution >= 4 is 74.0 Å². The number of likely N-dealkylation sites (N-methyl/N-ethyl adjacent to an activating group) is 1. The van der Waals surface area contributed by atoms with Crippen LogP contribution >= 0.6 is 11.8 Å². The summed E-state index contributed by atoms with van der Waals surface area (Å²) in [5.41, 5.74) is 5.57. The van der Waals surface area contributed by atoms with E-state index < -0.39 is 63.7 Å². The molecule has 17 nitrogen and oxygen atoms in total. The zero-order valence-corrected chi connectivity index (χ0v) is 34.2. The van der Waals surface area contributed by atoms with Crippen LogP contribution in [0, 0.1) is 0 Å². The largest absolute Gasteiger partial charge is 0.378 e. The number of nitrogens with zero attached hydrogens (tertiary/aromatic N) is 2. The molecule has 0 aromatic heterocycles. The van der Waals surface area contributed by atoms with Gasteiger partial charge < -0.3 is 41.3 Å². The van der Waals surface area contributed by atoms with Gasteiger partial charge in [0, 0.05) is 58.0 Å². The number of thioether (sulfide) groups is 1. The molecule has 308 valence electrons. The highest BCUT2D eigenvalue weighted by molar-refractivity contribution is 8.14. The van der Waals surface area contributed by atoms with Crippen LogP contribution in [0.1, 0.15) is 44.6 Å². The molecule has 1 aliphatic carbocycles. The molecular weight excluding hydrogens is 765 g/mol. The zero-order chi connectivity index (χ0) is 41.4. The van der Waals surface area contributed by atoms with Crippen LogP contribution in [0.3, 0.4) is 0 Å². The third kappa shape index (κ3) is 15.8. The van der Waals surface area contributed by atoms with Crippen molar-refractivity contribution in [2.45, 2.75) is 51.1 Å². The van der Waals surface area contributed by atoms with Crippen LogP contribution in [0.4, 0.5) is 11.4 Å². The van der Waals surface area contributed by atoms with E-state index in [4.69, 9.17) is 4.55 Å². The molecule has 5 amide bonds. The highest BCUT2D eigenvalue weighted by atomic mass is 32.2. The van der Waals surface area contributed by atoms with Crippen LogP contribution in [0.15, 0.2) is 47.7 Å². The summed E-state index contributed by atoms with van der Waals surface area (Å²) in [6.07, 6.45) is 10.9. The summed E-state index contributed by atoms with van der Waals surface area (Å²) < 4.78 is 30.3. The van der Waals surface area contributed by atoms with Crippen LogP contribution in [0.2, 0.25) is 0 Å². The molecule has 7 N–H and O–H groups in total. The van der Waals surface area contributed by atoms with Crippen molar-refractivity contribution in [2.75, 3.05) is 82.2 Å². The first-order chi connectivity index (χ1) is 26.4. The highest BCUT2D eigenvalue weighted by Crippen LogP contribution is 2.39. The van der Waals surface area contributed by atoms with E-state index in [2.05, 4.69) is 93.0 Å². The third-order valence-electron chi connectivity index (χ3n) is 8.84. The SMILES string of the molecule is CC(=O)NCC(=O)N[C@@H](CCCCNC(=O)CCCN1C2=CC([NH+](C)C)C=CC2=Cc2ccc(N(C)C)cc21)C(=O)NCC(=O)NCC(=O)SCCS(=O)(=O)O. The normalized spacial score (nSPS) is 15.1. The first-order valence-electron chi connectivity index (χ1n) is 18.4. The van der Waals surface area contributed by atoms with E-state index in [0.29, 0.717) is 50.5 Å². The zero-order valence-electron chi connectivity index (χ0n) is 32.6. The molecule has 0 fully saturated rings. The number of amides is 5. The molecule has 2 atom stereocenters. The number of anilines is 2. The Morgan fingerprint density at radius 1 is 0.946 bits per heavy atom. The fourth-order valence-corrected chi connectivity index (χ4v) is 7.37. The van der Waals surface area contributed by atoms with Gasteiger partial charge in [0.15, 0.2) is 0 Å². The predicted octanol–water partition coefficient (Wildman–Crippen LogP) is -1.01. The fraction of sp³-hybridized carbons (Fsp3) is 0.514. The van der Waals surface area contributed by atoms with Crippen molar-refractivity contribution in [3.8, 4) is 0 Å². The van der Waals surface area contributed by atoms with E-state index in [1.54, 1.807) is 0 Å². The molecule has 56 heavy (non-hydrogen) atoms. The van der Waals surface area contributed by atoms with Crippen LogP contribution in [0.5, 0.6) is 0 Å². The van der Waals surface area contributed by atoms with E-state index >= 15 is 0 Å². The Labute approximate surface area is 332 Å². The number of fused-ring (bicyclic) bond motifs is 2. The number of hydrogen-bond acceptors (Lipinski definition) is 11. The summed E-state index contributed by atoms with van der Waals surface area (Å²) in [6.45, 7) is 0.955. The van der Waals surface area contributed by atoms with Gasteiger partial charge in [-0.15, -0.1) is 0 Å². The Kier molecular flexibility index (Phi) is 18.0. The maximum absolute atomic E-state index is 13.0. The third-order valence-corrected chi connectivity index (χ3v) is 10.7. The second-order valence-corrected chi connectivity index (χ2v) is 16.6. The minimum atomic E-state index is -4.22. The van der Waals surface area contributed by atoms with Crippen molar-refractivity contribution in [1.82, 2.24) is 26.6 Å². The monoisotopic (exact) mass is 819 g/mol. The molecule has 1 unspecified atom stereocenters. The number of allylic oxidation sites excluding steroid dienone is 1. The van der Waals surface area contributed by atoms with Gasteiger partial charge in [0.2, 0.25) is 34.7 Å². The van der Waals surface area contributed by atoms with Crippen molar-refractivity contribution in [2.24, 2.45) is 0 Å². The lowest BCUT2D eigenvalue weighted by Gasteiger charge is -2.36. The van der Waals surface area contributed by atoms with Gasteiger partial charge in [-0.3, -0.25) is 33.3 Å². The molecule has 0 bridgehead atoms. The van der Waals surface area contributed by atoms with Crippen molar-refractivity contribution < 1.29 is 46.6 Å². The number of carbonyl (C=O) groups excluding carboxylic acids is 6. The number of rotatable bonds is 22. The average molecular weight is 820 g/mol. The van der Waals surface area contributed by atoms with Gasteiger partial charge in [0.25, 0.3) is 10.1 Å². The van der Waals surface area contributed by atoms with Gasteiger partial charge in [-0.1, -0.05) is 23.9 Å². The Morgan fingerprint density at radius 3 is 2.36 bits per heavy atom. The van der Waals surface area contributed by atoms with E-state index in [1.807, 2.05) is 14.1 Å². The smallest absolute Gasteiger partial charge is 0.265 e. The minimum Gasteiger partial charge on any atom is -0.378 e. The summed E-state index contributed by atoms with van der Waals surface area (Å²) in [4.78, 5) is 79.2. The highest BCUT2D eigenvalue weighted by Gasteiger charge is 2.28. The number of carbonyl (C=O) groups is 6. The number of benzene rings is 1. The fourth-order valence-electron chi connectivity index (χ4n) is 5.79. The molecule has 1 heterocycles. The molecular formula is C37H55N8O9S2+. The number of nitrogens with one attached hydrogen (secondary N) is 6. The maximum atomic E-state index is 13.0. The lowest BCUT2D eigenvalue weighted by Crippen LogP contribution is -3.09. The van der Waals surface area contributed by atoms with E-state index in [9.17, 15) is 37.2 Å². The Morgan fingerprint density at radius 2 is 1.68 bits per heavy atom. The van der Waals surface area contributed by atoms with Gasteiger partial charge in [-0.05, 0) is 61.1 Å². The molecule has 0 radical (unpaired) electrons. The van der Waals surface area contributed by atoms with Gasteiger partial charge in [-0.2, -0.15) is 8.42 Å². The van der Waals surface area contributed by atoms with Crippen LogP contribution in [-0.2, 0) is 38.9 Å². The molecule has 1 aromatic carbocycles.